The van der Waals surface area contributed by atoms with Crippen molar-refractivity contribution in [1.29, 1.82) is 0 Å². The van der Waals surface area contributed by atoms with Gasteiger partial charge < -0.3 is 10.1 Å². The van der Waals surface area contributed by atoms with Crippen molar-refractivity contribution in [2.45, 2.75) is 11.5 Å². The van der Waals surface area contributed by atoms with Crippen molar-refractivity contribution in [3.63, 3.8) is 0 Å². The van der Waals surface area contributed by atoms with E-state index in [1.165, 1.54) is 24.3 Å². The smallest absolute Gasteiger partial charge is 0.255 e. The summed E-state index contributed by atoms with van der Waals surface area (Å²) in [5.41, 5.74) is 4.02. The molecule has 0 saturated carbocycles. The van der Waals surface area contributed by atoms with E-state index in [1.54, 1.807) is 24.5 Å². The number of pyridine rings is 1. The lowest BCUT2D eigenvalue weighted by molar-refractivity contribution is 0.102. The number of nitrogens with one attached hydrogen (secondary N) is 1. The maximum absolute atomic E-state index is 12.4. The number of rotatable bonds is 3. The van der Waals surface area contributed by atoms with Crippen LogP contribution < -0.4 is 10.1 Å². The lowest BCUT2D eigenvalue weighted by atomic mass is 9.98. The molecule has 2 aromatic carbocycles. The fourth-order valence-corrected chi connectivity index (χ4v) is 3.59. The molecular formula is C20H16N2O4S. The second-order valence-corrected chi connectivity index (χ2v) is 8.30. The minimum atomic E-state index is -3.29. The maximum Gasteiger partial charge on any atom is 0.255 e. The van der Waals surface area contributed by atoms with Crippen LogP contribution in [-0.4, -0.2) is 25.6 Å². The lowest BCUT2D eigenvalue weighted by Crippen LogP contribution is -2.13. The molecule has 6 nitrogen and oxygen atoms in total. The molecule has 0 radical (unpaired) electrons. The number of carbonyl (C=O) groups excluding carboxylic acids is 1. The highest BCUT2D eigenvalue weighted by Crippen LogP contribution is 2.38. The van der Waals surface area contributed by atoms with Crippen molar-refractivity contribution in [2.24, 2.45) is 0 Å². The van der Waals surface area contributed by atoms with Crippen LogP contribution in [0.2, 0.25) is 0 Å². The van der Waals surface area contributed by atoms with E-state index in [4.69, 9.17) is 4.74 Å². The van der Waals surface area contributed by atoms with Gasteiger partial charge in [0.05, 0.1) is 4.90 Å². The number of aromatic nitrogens is 1. The Kier molecular flexibility index (Phi) is 4.16. The molecule has 1 aliphatic rings. The highest BCUT2D eigenvalue weighted by Gasteiger charge is 2.18. The normalized spacial score (nSPS) is 12.5. The van der Waals surface area contributed by atoms with Gasteiger partial charge in [0.1, 0.15) is 12.4 Å². The maximum atomic E-state index is 12.4. The number of hydrogen-bond acceptors (Lipinski definition) is 5. The van der Waals surface area contributed by atoms with Crippen LogP contribution in [0.4, 0.5) is 5.69 Å². The molecule has 1 aliphatic heterocycles. The molecule has 2 heterocycles. The van der Waals surface area contributed by atoms with Gasteiger partial charge in [-0.25, -0.2) is 8.42 Å². The van der Waals surface area contributed by atoms with E-state index in [2.05, 4.69) is 10.3 Å². The number of benzene rings is 2. The van der Waals surface area contributed by atoms with Gasteiger partial charge in [-0.15, -0.1) is 0 Å². The molecule has 0 aliphatic carbocycles. The van der Waals surface area contributed by atoms with Gasteiger partial charge in [0.2, 0.25) is 0 Å². The average Bonchev–Trinajstić information content (AvgIpc) is 2.67. The molecule has 4 rings (SSSR count). The van der Waals surface area contributed by atoms with E-state index in [9.17, 15) is 13.2 Å². The van der Waals surface area contributed by atoms with Crippen LogP contribution >= 0.6 is 0 Å². The monoisotopic (exact) mass is 380 g/mol. The molecule has 0 bridgehead atoms. The van der Waals surface area contributed by atoms with E-state index in [0.717, 1.165) is 22.9 Å². The lowest BCUT2D eigenvalue weighted by Gasteiger charge is -2.21. The second kappa shape index (κ2) is 6.51. The summed E-state index contributed by atoms with van der Waals surface area (Å²) in [6.45, 7) is 0.431. The summed E-state index contributed by atoms with van der Waals surface area (Å²) in [6, 6.07) is 13.3. The number of anilines is 1. The van der Waals surface area contributed by atoms with Crippen LogP contribution in [-0.2, 0) is 16.4 Å². The largest absolute Gasteiger partial charge is 0.488 e. The highest BCUT2D eigenvalue weighted by molar-refractivity contribution is 7.90. The van der Waals surface area contributed by atoms with Crippen molar-refractivity contribution in [3.05, 3.63) is 72.1 Å². The topological polar surface area (TPSA) is 85.4 Å². The highest BCUT2D eigenvalue weighted by atomic mass is 32.2. The summed E-state index contributed by atoms with van der Waals surface area (Å²) in [6.07, 6.45) is 4.65. The van der Waals surface area contributed by atoms with Crippen molar-refractivity contribution < 1.29 is 17.9 Å². The van der Waals surface area contributed by atoms with Crippen LogP contribution in [0.5, 0.6) is 5.75 Å². The van der Waals surface area contributed by atoms with Gasteiger partial charge in [0.15, 0.2) is 9.84 Å². The third-order valence-corrected chi connectivity index (χ3v) is 5.49. The summed E-state index contributed by atoms with van der Waals surface area (Å²) in [4.78, 5) is 16.7. The van der Waals surface area contributed by atoms with Crippen LogP contribution in [0, 0.1) is 0 Å². The predicted octanol–water partition coefficient (Wildman–Crippen LogP) is 3.30. The molecule has 3 aromatic rings. The van der Waals surface area contributed by atoms with Crippen molar-refractivity contribution in [3.8, 4) is 16.9 Å². The van der Waals surface area contributed by atoms with Gasteiger partial charge in [0, 0.05) is 47.1 Å². The zero-order valence-electron chi connectivity index (χ0n) is 14.5. The first-order valence-corrected chi connectivity index (χ1v) is 10.1. The predicted molar refractivity (Wildman–Crippen MR) is 102 cm³/mol. The van der Waals surface area contributed by atoms with E-state index in [0.29, 0.717) is 23.6 Å². The van der Waals surface area contributed by atoms with E-state index in [1.807, 2.05) is 12.1 Å². The summed E-state index contributed by atoms with van der Waals surface area (Å²) in [5, 5.41) is 2.81. The van der Waals surface area contributed by atoms with Crippen LogP contribution in [0.15, 0.2) is 65.8 Å². The second-order valence-electron chi connectivity index (χ2n) is 6.28. The Bertz CT molecular complexity index is 1140. The van der Waals surface area contributed by atoms with Gasteiger partial charge in [0.25, 0.3) is 5.91 Å². The Morgan fingerprint density at radius 3 is 2.59 bits per heavy atom. The van der Waals surface area contributed by atoms with Crippen molar-refractivity contribution in [1.82, 2.24) is 4.98 Å². The van der Waals surface area contributed by atoms with E-state index >= 15 is 0 Å². The third kappa shape index (κ3) is 3.41. The molecule has 0 unspecified atom stereocenters. The fraction of sp³-hybridized carbons (Fsp3) is 0.100. The first-order valence-electron chi connectivity index (χ1n) is 8.23. The molecule has 136 valence electrons. The van der Waals surface area contributed by atoms with Gasteiger partial charge in [-0.2, -0.15) is 0 Å². The SMILES string of the molecule is CS(=O)(=O)c1ccc(C(=O)Nc2ccc3c(c2)OCc2cnccc2-3)cc1. The van der Waals surface area contributed by atoms with Gasteiger partial charge in [-0.1, -0.05) is 0 Å². The number of nitrogens with zero attached hydrogens (tertiary/aromatic N) is 1. The van der Waals surface area contributed by atoms with Crippen LogP contribution in [0.3, 0.4) is 0 Å². The first kappa shape index (κ1) is 17.2. The minimum Gasteiger partial charge on any atom is -0.488 e. The Morgan fingerprint density at radius 1 is 1.07 bits per heavy atom. The average molecular weight is 380 g/mol. The molecule has 27 heavy (non-hydrogen) atoms. The minimum absolute atomic E-state index is 0.175. The van der Waals surface area contributed by atoms with E-state index in [-0.39, 0.29) is 10.8 Å². The summed E-state index contributed by atoms with van der Waals surface area (Å²) in [5.74, 6) is 0.370. The number of ether oxygens (including phenoxy) is 1. The van der Waals surface area contributed by atoms with Crippen molar-refractivity contribution in [2.75, 3.05) is 11.6 Å². The quantitative estimate of drug-likeness (QED) is 0.754. The molecule has 1 N–H and O–H groups in total. The van der Waals surface area contributed by atoms with Crippen molar-refractivity contribution >= 4 is 21.4 Å². The zero-order valence-corrected chi connectivity index (χ0v) is 15.3. The number of fused-ring (bicyclic) bond motifs is 3. The summed E-state index contributed by atoms with van der Waals surface area (Å²) in [7, 11) is -3.29. The molecule has 0 saturated heterocycles. The first-order chi connectivity index (χ1) is 12.9. The summed E-state index contributed by atoms with van der Waals surface area (Å²) < 4.78 is 28.8. The fourth-order valence-electron chi connectivity index (χ4n) is 2.96. The molecule has 0 atom stereocenters. The molecule has 7 heteroatoms. The van der Waals surface area contributed by atoms with Crippen LogP contribution in [0.25, 0.3) is 11.1 Å². The summed E-state index contributed by atoms with van der Waals surface area (Å²) >= 11 is 0. The molecule has 0 fully saturated rings. The molecule has 0 spiro atoms. The number of amides is 1. The van der Waals surface area contributed by atoms with Gasteiger partial charge >= 0.3 is 0 Å². The Balaban J connectivity index is 1.56. The number of sulfone groups is 1. The third-order valence-electron chi connectivity index (χ3n) is 4.36. The molecule has 1 aromatic heterocycles. The number of carbonyl (C=O) groups is 1. The number of hydrogen-bond donors (Lipinski definition) is 1. The van der Waals surface area contributed by atoms with E-state index < -0.39 is 9.84 Å². The van der Waals surface area contributed by atoms with Crippen LogP contribution in [0.1, 0.15) is 15.9 Å². The van der Waals surface area contributed by atoms with Gasteiger partial charge in [-0.3, -0.25) is 9.78 Å². The Morgan fingerprint density at radius 2 is 1.85 bits per heavy atom. The standard InChI is InChI=1S/C20H16N2O4S/c1-27(24,25)16-5-2-13(3-6-16)20(23)22-15-4-7-18-17-8-9-21-11-14(17)12-26-19(18)10-15/h2-11H,12H2,1H3,(H,22,23). The zero-order chi connectivity index (χ0) is 19.0. The molecule has 1 amide bonds. The Hall–Kier alpha value is -3.19. The Labute approximate surface area is 156 Å². The molecular weight excluding hydrogens is 364 g/mol. The van der Waals surface area contributed by atoms with Gasteiger partial charge in [-0.05, 0) is 48.0 Å².